The standard InChI is InChI=1S/C10H11Cl2NO/c11-9-2-1-3-10(12)8(9)6-14-7-4-13-5-7/h1-3,7,13H,4-6H2. The summed E-state index contributed by atoms with van der Waals surface area (Å²) in [5.41, 5.74) is 0.878. The zero-order valence-electron chi connectivity index (χ0n) is 7.59. The molecule has 1 aliphatic heterocycles. The molecule has 76 valence electrons. The van der Waals surface area contributed by atoms with Gasteiger partial charge in [-0.2, -0.15) is 0 Å². The molecular weight excluding hydrogens is 221 g/mol. The maximum Gasteiger partial charge on any atom is 0.0828 e. The molecule has 0 aromatic heterocycles. The number of ether oxygens (including phenoxy) is 1. The third kappa shape index (κ3) is 2.20. The second-order valence-corrected chi connectivity index (χ2v) is 4.11. The van der Waals surface area contributed by atoms with E-state index >= 15 is 0 Å². The molecule has 1 aliphatic rings. The van der Waals surface area contributed by atoms with Gasteiger partial charge in [-0.3, -0.25) is 0 Å². The third-order valence-corrected chi connectivity index (χ3v) is 2.98. The van der Waals surface area contributed by atoms with Gasteiger partial charge in [-0.1, -0.05) is 29.3 Å². The van der Waals surface area contributed by atoms with E-state index in [2.05, 4.69) is 5.32 Å². The van der Waals surface area contributed by atoms with Crippen LogP contribution in [0.4, 0.5) is 0 Å². The molecule has 2 nitrogen and oxygen atoms in total. The molecule has 0 aliphatic carbocycles. The first kappa shape index (κ1) is 10.2. The molecular formula is C10H11Cl2NO. The molecule has 4 heteroatoms. The van der Waals surface area contributed by atoms with Crippen LogP contribution in [0.15, 0.2) is 18.2 Å². The molecule has 0 spiro atoms. The number of halogens is 2. The highest BCUT2D eigenvalue weighted by Gasteiger charge is 2.17. The van der Waals surface area contributed by atoms with Gasteiger partial charge in [-0.25, -0.2) is 0 Å². The first-order valence-corrected chi connectivity index (χ1v) is 5.28. The Kier molecular flexibility index (Phi) is 3.29. The largest absolute Gasteiger partial charge is 0.371 e. The Morgan fingerprint density at radius 3 is 2.43 bits per heavy atom. The third-order valence-electron chi connectivity index (χ3n) is 2.27. The molecule has 1 N–H and O–H groups in total. The van der Waals surface area contributed by atoms with Gasteiger partial charge in [0.2, 0.25) is 0 Å². The summed E-state index contributed by atoms with van der Waals surface area (Å²) in [6, 6.07) is 5.48. The predicted octanol–water partition coefficient (Wildman–Crippen LogP) is 2.48. The maximum absolute atomic E-state index is 5.99. The van der Waals surface area contributed by atoms with Gasteiger partial charge in [0.25, 0.3) is 0 Å². The van der Waals surface area contributed by atoms with Crippen molar-refractivity contribution in [2.24, 2.45) is 0 Å². The maximum atomic E-state index is 5.99. The van der Waals surface area contributed by atoms with Crippen molar-refractivity contribution >= 4 is 23.2 Å². The average Bonchev–Trinajstić information content (AvgIpc) is 2.07. The van der Waals surface area contributed by atoms with Crippen LogP contribution in [0.3, 0.4) is 0 Å². The van der Waals surface area contributed by atoms with Crippen LogP contribution in [0.2, 0.25) is 10.0 Å². The van der Waals surface area contributed by atoms with Gasteiger partial charge in [0.15, 0.2) is 0 Å². The van der Waals surface area contributed by atoms with Gasteiger partial charge in [-0.15, -0.1) is 0 Å². The Labute approximate surface area is 93.2 Å². The average molecular weight is 232 g/mol. The Morgan fingerprint density at radius 1 is 1.29 bits per heavy atom. The van der Waals surface area contributed by atoms with Crippen LogP contribution < -0.4 is 5.32 Å². The Hall–Kier alpha value is -0.280. The summed E-state index contributed by atoms with van der Waals surface area (Å²) in [7, 11) is 0. The molecule has 0 atom stereocenters. The second-order valence-electron chi connectivity index (χ2n) is 3.29. The van der Waals surface area contributed by atoms with Crippen LogP contribution in [0.25, 0.3) is 0 Å². The lowest BCUT2D eigenvalue weighted by Crippen LogP contribution is -2.48. The Balaban J connectivity index is 2.00. The van der Waals surface area contributed by atoms with Crippen LogP contribution >= 0.6 is 23.2 Å². The molecule has 0 radical (unpaired) electrons. The molecule has 14 heavy (non-hydrogen) atoms. The zero-order valence-corrected chi connectivity index (χ0v) is 9.11. The summed E-state index contributed by atoms with van der Waals surface area (Å²) in [5, 5.41) is 4.48. The van der Waals surface area contributed by atoms with E-state index in [0.717, 1.165) is 18.7 Å². The molecule has 1 saturated heterocycles. The number of hydrogen-bond donors (Lipinski definition) is 1. The minimum absolute atomic E-state index is 0.308. The van der Waals surface area contributed by atoms with E-state index in [4.69, 9.17) is 27.9 Å². The number of hydrogen-bond acceptors (Lipinski definition) is 2. The van der Waals surface area contributed by atoms with Crippen LogP contribution in [0.5, 0.6) is 0 Å². The van der Waals surface area contributed by atoms with Gasteiger partial charge >= 0.3 is 0 Å². The summed E-state index contributed by atoms with van der Waals surface area (Å²) < 4.78 is 5.59. The fraction of sp³-hybridized carbons (Fsp3) is 0.400. The monoisotopic (exact) mass is 231 g/mol. The second kappa shape index (κ2) is 4.49. The molecule has 1 aromatic carbocycles. The quantitative estimate of drug-likeness (QED) is 0.864. The van der Waals surface area contributed by atoms with Crippen LogP contribution in [0, 0.1) is 0 Å². The van der Waals surface area contributed by atoms with E-state index in [1.54, 1.807) is 0 Å². The van der Waals surface area contributed by atoms with Crippen molar-refractivity contribution in [3.63, 3.8) is 0 Å². The summed E-state index contributed by atoms with van der Waals surface area (Å²) in [4.78, 5) is 0. The topological polar surface area (TPSA) is 21.3 Å². The smallest absolute Gasteiger partial charge is 0.0828 e. The highest BCUT2D eigenvalue weighted by Crippen LogP contribution is 2.25. The van der Waals surface area contributed by atoms with Gasteiger partial charge in [0.1, 0.15) is 0 Å². The highest BCUT2D eigenvalue weighted by atomic mass is 35.5. The first-order chi connectivity index (χ1) is 6.77. The highest BCUT2D eigenvalue weighted by molar-refractivity contribution is 6.35. The molecule has 1 heterocycles. The molecule has 0 unspecified atom stereocenters. The Bertz CT molecular complexity index is 306. The van der Waals surface area contributed by atoms with Crippen molar-refractivity contribution in [1.82, 2.24) is 5.32 Å². The number of nitrogens with one attached hydrogen (secondary N) is 1. The molecule has 0 bridgehead atoms. The molecule has 2 rings (SSSR count). The lowest BCUT2D eigenvalue weighted by Gasteiger charge is -2.27. The van der Waals surface area contributed by atoms with Gasteiger partial charge in [0, 0.05) is 28.7 Å². The molecule has 1 aromatic rings. The van der Waals surface area contributed by atoms with Crippen molar-refractivity contribution in [2.75, 3.05) is 13.1 Å². The van der Waals surface area contributed by atoms with E-state index in [1.165, 1.54) is 0 Å². The van der Waals surface area contributed by atoms with Crippen molar-refractivity contribution in [2.45, 2.75) is 12.7 Å². The predicted molar refractivity (Wildman–Crippen MR) is 57.9 cm³/mol. The normalized spacial score (nSPS) is 16.7. The van der Waals surface area contributed by atoms with Crippen molar-refractivity contribution in [3.8, 4) is 0 Å². The van der Waals surface area contributed by atoms with E-state index in [-0.39, 0.29) is 0 Å². The van der Waals surface area contributed by atoms with Crippen molar-refractivity contribution in [1.29, 1.82) is 0 Å². The van der Waals surface area contributed by atoms with E-state index in [9.17, 15) is 0 Å². The summed E-state index contributed by atoms with van der Waals surface area (Å²) >= 11 is 12.0. The van der Waals surface area contributed by atoms with Gasteiger partial charge < -0.3 is 10.1 Å². The van der Waals surface area contributed by atoms with E-state index < -0.39 is 0 Å². The van der Waals surface area contributed by atoms with E-state index in [1.807, 2.05) is 18.2 Å². The summed E-state index contributed by atoms with van der Waals surface area (Å²) in [5.74, 6) is 0. The van der Waals surface area contributed by atoms with Crippen molar-refractivity contribution in [3.05, 3.63) is 33.8 Å². The SMILES string of the molecule is Clc1cccc(Cl)c1COC1CNC1. The van der Waals surface area contributed by atoms with Gasteiger partial charge in [-0.05, 0) is 12.1 Å². The van der Waals surface area contributed by atoms with Crippen LogP contribution in [0.1, 0.15) is 5.56 Å². The van der Waals surface area contributed by atoms with Crippen molar-refractivity contribution < 1.29 is 4.74 Å². The minimum Gasteiger partial charge on any atom is -0.371 e. The number of benzene rings is 1. The summed E-state index contributed by atoms with van der Waals surface area (Å²) in [6.07, 6.45) is 0.308. The van der Waals surface area contributed by atoms with E-state index in [0.29, 0.717) is 22.8 Å². The molecule has 0 amide bonds. The minimum atomic E-state index is 0.308. The lowest BCUT2D eigenvalue weighted by atomic mass is 10.2. The molecule has 0 saturated carbocycles. The fourth-order valence-electron chi connectivity index (χ4n) is 1.25. The van der Waals surface area contributed by atoms with Crippen LogP contribution in [-0.2, 0) is 11.3 Å². The Morgan fingerprint density at radius 2 is 1.93 bits per heavy atom. The van der Waals surface area contributed by atoms with Crippen LogP contribution in [-0.4, -0.2) is 19.2 Å². The fourth-order valence-corrected chi connectivity index (χ4v) is 1.76. The summed E-state index contributed by atoms with van der Waals surface area (Å²) in [6.45, 7) is 2.33. The first-order valence-electron chi connectivity index (χ1n) is 4.52. The number of rotatable bonds is 3. The molecule has 1 fully saturated rings. The zero-order chi connectivity index (χ0) is 9.97. The lowest BCUT2D eigenvalue weighted by molar-refractivity contribution is 0.00766. The van der Waals surface area contributed by atoms with Gasteiger partial charge in [0.05, 0.1) is 12.7 Å².